The van der Waals surface area contributed by atoms with Crippen molar-refractivity contribution in [2.45, 2.75) is 320 Å². The molecule has 12 nitrogen and oxygen atoms in total. The van der Waals surface area contributed by atoms with Crippen molar-refractivity contribution in [3.63, 3.8) is 0 Å². The monoisotopic (exact) mass is 1730 g/mol. The molecule has 6 rings (SSSR count). The molecule has 0 amide bonds. The number of hydrogen-bond acceptors (Lipinski definition) is 12. The zero-order chi connectivity index (χ0) is 89.5. The van der Waals surface area contributed by atoms with Crippen LogP contribution in [-0.2, 0) is 0 Å². The maximum absolute atomic E-state index is 13.9. The summed E-state index contributed by atoms with van der Waals surface area (Å²) in [7, 11) is 2.60. The highest BCUT2D eigenvalue weighted by Crippen LogP contribution is 2.34. The second kappa shape index (κ2) is 73.6. The summed E-state index contributed by atoms with van der Waals surface area (Å²) in [6, 6.07) is 17.0. The lowest BCUT2D eigenvalue weighted by molar-refractivity contribution is 0.268. The largest absolute Gasteiger partial charge is 0.494 e. The molecule has 0 aliphatic carbocycles. The first-order valence-corrected chi connectivity index (χ1v) is 45.0. The third-order valence-corrected chi connectivity index (χ3v) is 18.8. The van der Waals surface area contributed by atoms with Crippen molar-refractivity contribution in [3.05, 3.63) is 143 Å². The summed E-state index contributed by atoms with van der Waals surface area (Å²) in [5.41, 5.74) is 0. The fourth-order valence-electron chi connectivity index (χ4n) is 11.3. The van der Waals surface area contributed by atoms with E-state index in [9.17, 15) is 52.7 Å². The molecule has 0 atom stereocenters. The van der Waals surface area contributed by atoms with Gasteiger partial charge in [0.2, 0.25) is 69.8 Å². The lowest BCUT2D eigenvalue weighted by Gasteiger charge is -2.11. The van der Waals surface area contributed by atoms with E-state index in [0.29, 0.717) is 66.1 Å². The van der Waals surface area contributed by atoms with Crippen molar-refractivity contribution in [3.8, 4) is 69.0 Å². The number of unbranched alkanes of at least 4 members (excludes halogenated alkanes) is 29. The third kappa shape index (κ3) is 48.7. The van der Waals surface area contributed by atoms with Gasteiger partial charge in [-0.1, -0.05) is 255 Å². The van der Waals surface area contributed by atoms with Gasteiger partial charge in [0.1, 0.15) is 0 Å². The Morgan fingerprint density at radius 3 is 0.388 bits per heavy atom. The van der Waals surface area contributed by atoms with E-state index in [-0.39, 0.29) is 69.0 Å². The van der Waals surface area contributed by atoms with Crippen molar-refractivity contribution in [1.82, 2.24) is 0 Å². The number of methoxy groups -OCH3 is 2. The van der Waals surface area contributed by atoms with Gasteiger partial charge in [-0.15, -0.1) is 0 Å². The first-order valence-electron chi connectivity index (χ1n) is 45.0. The smallest absolute Gasteiger partial charge is 0.204 e. The second-order valence-electron chi connectivity index (χ2n) is 29.3. The van der Waals surface area contributed by atoms with Gasteiger partial charge >= 0.3 is 0 Å². The Labute approximate surface area is 717 Å². The minimum absolute atomic E-state index is 0.0334. The summed E-state index contributed by atoms with van der Waals surface area (Å²) < 4.78 is 226. The lowest BCUT2D eigenvalue weighted by atomic mass is 10.1. The van der Waals surface area contributed by atoms with Gasteiger partial charge in [-0.25, -0.2) is 0 Å². The van der Waals surface area contributed by atoms with E-state index in [1.807, 2.05) is 27.7 Å². The zero-order valence-electron chi connectivity index (χ0n) is 75.0. The van der Waals surface area contributed by atoms with Gasteiger partial charge in [-0.05, 0) is 137 Å². The van der Waals surface area contributed by atoms with Crippen LogP contribution in [0.2, 0.25) is 0 Å². The Balaban J connectivity index is 0.000000726. The van der Waals surface area contributed by atoms with Crippen LogP contribution in [0.1, 0.15) is 320 Å². The molecule has 0 heterocycles. The van der Waals surface area contributed by atoms with E-state index in [4.69, 9.17) is 56.8 Å². The Bertz CT molecular complexity index is 3560. The van der Waals surface area contributed by atoms with Crippen molar-refractivity contribution >= 4 is 0 Å². The minimum atomic E-state index is -0.997. The summed E-state index contributed by atoms with van der Waals surface area (Å²) in [6.07, 6.45) is 41.2. The Kier molecular flexibility index (Phi) is 67.6. The summed E-state index contributed by atoms with van der Waals surface area (Å²) in [6.45, 7) is 25.0. The van der Waals surface area contributed by atoms with Gasteiger partial charge in [-0.3, -0.25) is 0 Å². The molecule has 0 aliphatic rings. The van der Waals surface area contributed by atoms with Gasteiger partial charge in [0.25, 0.3) is 0 Å². The normalized spacial score (nSPS) is 10.6. The van der Waals surface area contributed by atoms with E-state index in [1.54, 1.807) is 0 Å². The van der Waals surface area contributed by atoms with Crippen molar-refractivity contribution in [1.29, 1.82) is 0 Å². The highest BCUT2D eigenvalue weighted by molar-refractivity contribution is 5.39. The maximum atomic E-state index is 13.9. The van der Waals surface area contributed by atoms with Crippen LogP contribution in [0, 0.1) is 69.8 Å². The molecule has 0 saturated carbocycles. The molecule has 0 unspecified atom stereocenters. The van der Waals surface area contributed by atoms with Crippen LogP contribution >= 0.6 is 0 Å². The van der Waals surface area contributed by atoms with Crippen LogP contribution in [0.4, 0.5) is 52.7 Å². The average Bonchev–Trinajstić information content (AvgIpc) is 0.888. The van der Waals surface area contributed by atoms with Gasteiger partial charge in [0.15, 0.2) is 69.0 Å². The topological polar surface area (TPSA) is 111 Å². The molecule has 0 spiro atoms. The second-order valence-corrected chi connectivity index (χ2v) is 29.3. The van der Waals surface area contributed by atoms with E-state index in [2.05, 4.69) is 41.5 Å². The molecule has 690 valence electrons. The predicted molar refractivity (Wildman–Crippen MR) is 463 cm³/mol. The van der Waals surface area contributed by atoms with Crippen LogP contribution in [0.5, 0.6) is 69.0 Å². The molecule has 0 N–H and O–H groups in total. The number of hydrogen-bond donors (Lipinski definition) is 0. The Morgan fingerprint density at radius 1 is 0.140 bits per heavy atom. The molecule has 6 aromatic carbocycles. The molecule has 24 heteroatoms. The van der Waals surface area contributed by atoms with Crippen LogP contribution in [-0.4, -0.2) is 80.3 Å². The van der Waals surface area contributed by atoms with Crippen LogP contribution in [0.3, 0.4) is 0 Å². The average molecular weight is 1730 g/mol. The van der Waals surface area contributed by atoms with Gasteiger partial charge < -0.3 is 56.8 Å². The minimum Gasteiger partial charge on any atom is -0.494 e. The quantitative estimate of drug-likeness (QED) is 0.0268. The lowest BCUT2D eigenvalue weighted by Crippen LogP contribution is -2.04. The van der Waals surface area contributed by atoms with Gasteiger partial charge in [-0.2, -0.15) is 52.7 Å². The van der Waals surface area contributed by atoms with E-state index in [1.165, 1.54) is 170 Å². The predicted octanol–water partition coefficient (Wildman–Crippen LogP) is 31.0. The molecule has 0 saturated heterocycles. The van der Waals surface area contributed by atoms with Crippen LogP contribution in [0.25, 0.3) is 0 Å². The summed E-state index contributed by atoms with van der Waals surface area (Å²) >= 11 is 0. The Morgan fingerprint density at radius 2 is 0.240 bits per heavy atom. The molecule has 0 radical (unpaired) electrons. The van der Waals surface area contributed by atoms with Crippen molar-refractivity contribution < 1.29 is 110 Å². The van der Waals surface area contributed by atoms with E-state index in [0.717, 1.165) is 167 Å². The number of ether oxygens (including phenoxy) is 12. The fraction of sp³-hybridized carbons (Fsp3) is 0.629. The van der Waals surface area contributed by atoms with Crippen molar-refractivity contribution in [2.75, 3.05) is 80.3 Å². The SMILES string of the molecule is CCCCCCCCCOc1ccc(OC)c(F)c1F.CCCCCCCCOc1ccc(OC)c(F)c1F.CCCCCCCCOc1ccc(OCCCC)c(F)c1F.CCCCCCCOc1ccc(OCCCC)c(F)c1F.CCCCCCOc1ccc(OCCCC)c(F)c1F.CCCCCOc1ccc(OCCCC)c(F)c1F. The fourth-order valence-corrected chi connectivity index (χ4v) is 11.3. The molecule has 121 heavy (non-hydrogen) atoms. The van der Waals surface area contributed by atoms with Gasteiger partial charge in [0, 0.05) is 0 Å². The highest BCUT2D eigenvalue weighted by Gasteiger charge is 2.22. The first kappa shape index (κ1) is 111. The van der Waals surface area contributed by atoms with Crippen molar-refractivity contribution in [2.24, 2.45) is 0 Å². The number of benzene rings is 6. The maximum Gasteiger partial charge on any atom is 0.204 e. The Hall–Kier alpha value is -7.92. The molecule has 6 aromatic rings. The van der Waals surface area contributed by atoms with Gasteiger partial charge in [0.05, 0.1) is 80.3 Å². The summed E-state index contributed by atoms with van der Waals surface area (Å²) in [5, 5.41) is 0. The molecular formula is C97H146F12O12. The summed E-state index contributed by atoms with van der Waals surface area (Å²) in [4.78, 5) is 0. The highest BCUT2D eigenvalue weighted by atomic mass is 19.2. The summed E-state index contributed by atoms with van der Waals surface area (Å²) in [5.74, 6) is -12.3. The molecule has 0 aliphatic heterocycles. The zero-order valence-corrected chi connectivity index (χ0v) is 75.0. The van der Waals surface area contributed by atoms with E-state index >= 15 is 0 Å². The molecular weight excluding hydrogens is 1590 g/mol. The molecule has 0 bridgehead atoms. The molecule has 0 fully saturated rings. The molecule has 0 aromatic heterocycles. The third-order valence-electron chi connectivity index (χ3n) is 18.8. The van der Waals surface area contributed by atoms with E-state index < -0.39 is 69.8 Å². The first-order chi connectivity index (χ1) is 58.7. The number of rotatable bonds is 61. The standard InChI is InChI=1S/C18H28F2O2.C17H26F2O2.2C16H24F2O2.2C15H22F2O2/c1-3-5-7-8-9-10-14-22-16-12-11-15(17(19)18(16)20)21-13-6-4-2;1-3-5-7-8-9-13-21-15-11-10-14(16(18)17(15)19)20-12-6-4-2;1-3-4-5-6-7-8-9-12-20-14-11-10-13(19-2)15(17)16(14)18;1-3-5-7-8-12-20-14-10-9-13(15(17)16(14)18)19-11-6-4-2;1-3-4-5-6-7-8-11-19-13-10-9-12(18-2)14(16)15(13)17;1-3-5-7-11-19-13-9-8-12(14(16)15(13)17)18-10-6-4-2/h11-12H,3-10,13-14H2,1-2H3;10-11H,3-9,12-13H2,1-2H3;10-11H,3-9,12H2,1-2H3;9-10H,3-8,11-12H2,1-2H3;9-10H,3-8,11H2,1-2H3;8-9H,3-7,10-11H2,1-2H3. The van der Waals surface area contributed by atoms with Crippen LogP contribution in [0.15, 0.2) is 72.8 Å². The number of halogens is 12. The van der Waals surface area contributed by atoms with Crippen LogP contribution < -0.4 is 56.8 Å².